The van der Waals surface area contributed by atoms with Crippen LogP contribution in [0.15, 0.2) is 35.7 Å². The summed E-state index contributed by atoms with van der Waals surface area (Å²) in [7, 11) is 0. The van der Waals surface area contributed by atoms with Crippen LogP contribution in [0.4, 0.5) is 5.69 Å². The van der Waals surface area contributed by atoms with Crippen molar-refractivity contribution in [3.8, 4) is 0 Å². The Morgan fingerprint density at radius 3 is 2.80 bits per heavy atom. The first-order chi connectivity index (χ1) is 9.59. The van der Waals surface area contributed by atoms with Gasteiger partial charge in [0.2, 0.25) is 0 Å². The summed E-state index contributed by atoms with van der Waals surface area (Å²) in [5.41, 5.74) is 0.715. The van der Waals surface area contributed by atoms with Gasteiger partial charge in [0.15, 0.2) is 0 Å². The first kappa shape index (κ1) is 14.2. The van der Waals surface area contributed by atoms with E-state index >= 15 is 0 Å². The normalized spacial score (nSPS) is 10.2. The highest BCUT2D eigenvalue weighted by Crippen LogP contribution is 2.20. The number of nitrogens with zero attached hydrogens (tertiary/aromatic N) is 1. The smallest absolute Gasteiger partial charge is 0.273 e. The molecule has 0 aliphatic heterocycles. The number of carbonyl (C=O) groups is 1. The number of hydrogen-bond donors (Lipinski definition) is 1. The quantitative estimate of drug-likeness (QED) is 0.679. The maximum Gasteiger partial charge on any atom is 0.273 e. The molecule has 1 amide bonds. The summed E-state index contributed by atoms with van der Waals surface area (Å²) < 4.78 is 0. The Bertz CT molecular complexity index is 623. The van der Waals surface area contributed by atoms with Gasteiger partial charge in [-0.3, -0.25) is 14.9 Å². The van der Waals surface area contributed by atoms with Crippen LogP contribution in [0.1, 0.15) is 20.8 Å². The lowest BCUT2D eigenvalue weighted by Gasteiger charge is -2.07. The summed E-state index contributed by atoms with van der Waals surface area (Å²) in [6, 6.07) is 8.50. The van der Waals surface area contributed by atoms with Crippen LogP contribution in [0.25, 0.3) is 0 Å². The Kier molecular flexibility index (Phi) is 4.47. The number of rotatable bonds is 5. The first-order valence-electron chi connectivity index (χ1n) is 6.14. The summed E-state index contributed by atoms with van der Waals surface area (Å²) in [5, 5.41) is 15.6. The molecule has 2 rings (SSSR count). The fraction of sp³-hybridized carbons (Fsp3) is 0.214. The molecule has 0 radical (unpaired) electrons. The average Bonchev–Trinajstić information content (AvgIpc) is 2.91. The van der Waals surface area contributed by atoms with Crippen LogP contribution in [0.3, 0.4) is 0 Å². The zero-order chi connectivity index (χ0) is 14.5. The largest absolute Gasteiger partial charge is 0.352 e. The molecule has 6 heteroatoms. The van der Waals surface area contributed by atoms with Gasteiger partial charge in [-0.2, -0.15) is 0 Å². The van der Waals surface area contributed by atoms with Crippen molar-refractivity contribution in [2.45, 2.75) is 13.3 Å². The Balaban J connectivity index is 2.02. The third-order valence-electron chi connectivity index (χ3n) is 2.98. The number of hydrogen-bond acceptors (Lipinski definition) is 4. The van der Waals surface area contributed by atoms with Crippen LogP contribution in [0, 0.1) is 17.0 Å². The molecule has 0 saturated carbocycles. The molecule has 0 bridgehead atoms. The Morgan fingerprint density at radius 2 is 2.15 bits per heavy atom. The van der Waals surface area contributed by atoms with Gasteiger partial charge < -0.3 is 5.32 Å². The van der Waals surface area contributed by atoms with Gasteiger partial charge in [0.1, 0.15) is 0 Å². The Hall–Kier alpha value is -2.21. The van der Waals surface area contributed by atoms with Crippen molar-refractivity contribution >= 4 is 22.9 Å². The van der Waals surface area contributed by atoms with E-state index in [1.165, 1.54) is 17.0 Å². The molecule has 104 valence electrons. The van der Waals surface area contributed by atoms with Crippen LogP contribution in [-0.2, 0) is 6.42 Å². The molecule has 1 aromatic carbocycles. The average molecular weight is 290 g/mol. The molecule has 0 spiro atoms. The van der Waals surface area contributed by atoms with Crippen molar-refractivity contribution in [2.75, 3.05) is 6.54 Å². The Labute approximate surface area is 120 Å². The van der Waals surface area contributed by atoms with E-state index in [9.17, 15) is 14.9 Å². The maximum absolute atomic E-state index is 12.0. The van der Waals surface area contributed by atoms with Crippen molar-refractivity contribution in [3.63, 3.8) is 0 Å². The fourth-order valence-electron chi connectivity index (χ4n) is 1.92. The zero-order valence-electron chi connectivity index (χ0n) is 11.0. The molecule has 5 nitrogen and oxygen atoms in total. The highest BCUT2D eigenvalue weighted by molar-refractivity contribution is 7.09. The van der Waals surface area contributed by atoms with E-state index in [1.54, 1.807) is 24.3 Å². The lowest BCUT2D eigenvalue weighted by atomic mass is 10.1. The third kappa shape index (κ3) is 3.21. The summed E-state index contributed by atoms with van der Waals surface area (Å²) in [6.07, 6.45) is 0.761. The van der Waals surface area contributed by atoms with E-state index < -0.39 is 4.92 Å². The molecule has 0 atom stereocenters. The topological polar surface area (TPSA) is 72.2 Å². The fourth-order valence-corrected chi connectivity index (χ4v) is 2.63. The van der Waals surface area contributed by atoms with E-state index in [4.69, 9.17) is 0 Å². The second-order valence-corrected chi connectivity index (χ2v) is 5.32. The van der Waals surface area contributed by atoms with Crippen molar-refractivity contribution < 1.29 is 9.72 Å². The summed E-state index contributed by atoms with van der Waals surface area (Å²) in [6.45, 7) is 2.10. The summed E-state index contributed by atoms with van der Waals surface area (Å²) >= 11 is 1.64. The standard InChI is InChI=1S/C14H14N2O3S/c1-10-12(5-2-6-13(10)16(18)19)14(17)15-8-7-11-4-3-9-20-11/h2-6,9H,7-8H2,1H3,(H,15,17). The second kappa shape index (κ2) is 6.29. The maximum atomic E-state index is 12.0. The van der Waals surface area contributed by atoms with Gasteiger partial charge >= 0.3 is 0 Å². The molecule has 1 heterocycles. The van der Waals surface area contributed by atoms with Crippen molar-refractivity contribution in [1.29, 1.82) is 0 Å². The molecule has 1 N–H and O–H groups in total. The van der Waals surface area contributed by atoms with Gasteiger partial charge in [-0.05, 0) is 30.9 Å². The lowest BCUT2D eigenvalue weighted by Crippen LogP contribution is -2.26. The molecule has 0 unspecified atom stereocenters. The monoisotopic (exact) mass is 290 g/mol. The van der Waals surface area contributed by atoms with Crippen LogP contribution < -0.4 is 5.32 Å². The van der Waals surface area contributed by atoms with Gasteiger partial charge in [-0.25, -0.2) is 0 Å². The minimum absolute atomic E-state index is 0.0316. The number of benzene rings is 1. The van der Waals surface area contributed by atoms with Gasteiger partial charge in [0.25, 0.3) is 11.6 Å². The SMILES string of the molecule is Cc1c(C(=O)NCCc2cccs2)cccc1[N+](=O)[O-]. The molecular formula is C14H14N2O3S. The minimum Gasteiger partial charge on any atom is -0.352 e. The van der Waals surface area contributed by atoms with E-state index in [0.717, 1.165) is 6.42 Å². The highest BCUT2D eigenvalue weighted by Gasteiger charge is 2.17. The van der Waals surface area contributed by atoms with Crippen molar-refractivity contribution in [1.82, 2.24) is 5.32 Å². The van der Waals surface area contributed by atoms with E-state index in [2.05, 4.69) is 5.32 Å². The molecular weight excluding hydrogens is 276 g/mol. The van der Waals surface area contributed by atoms with Crippen LogP contribution in [0.2, 0.25) is 0 Å². The molecule has 20 heavy (non-hydrogen) atoms. The molecule has 0 fully saturated rings. The van der Waals surface area contributed by atoms with Crippen LogP contribution in [-0.4, -0.2) is 17.4 Å². The highest BCUT2D eigenvalue weighted by atomic mass is 32.1. The van der Waals surface area contributed by atoms with Crippen LogP contribution >= 0.6 is 11.3 Å². The molecule has 2 aromatic rings. The number of nitro groups is 1. The minimum atomic E-state index is -0.474. The van der Waals surface area contributed by atoms with Gasteiger partial charge in [-0.15, -0.1) is 11.3 Å². The third-order valence-corrected chi connectivity index (χ3v) is 3.92. The van der Waals surface area contributed by atoms with E-state index in [-0.39, 0.29) is 11.6 Å². The Morgan fingerprint density at radius 1 is 1.35 bits per heavy atom. The zero-order valence-corrected chi connectivity index (χ0v) is 11.8. The number of nitrogens with one attached hydrogen (secondary N) is 1. The lowest BCUT2D eigenvalue weighted by molar-refractivity contribution is -0.385. The van der Waals surface area contributed by atoms with Crippen molar-refractivity contribution in [3.05, 3.63) is 61.8 Å². The number of nitro benzene ring substituents is 1. The number of amides is 1. The van der Waals surface area contributed by atoms with Gasteiger partial charge in [0, 0.05) is 28.6 Å². The van der Waals surface area contributed by atoms with Crippen LogP contribution in [0.5, 0.6) is 0 Å². The second-order valence-electron chi connectivity index (χ2n) is 4.29. The molecule has 0 saturated heterocycles. The molecule has 0 aliphatic carbocycles. The molecule has 1 aromatic heterocycles. The first-order valence-corrected chi connectivity index (χ1v) is 7.02. The number of thiophene rings is 1. The van der Waals surface area contributed by atoms with Gasteiger partial charge in [-0.1, -0.05) is 12.1 Å². The predicted molar refractivity (Wildman–Crippen MR) is 78.2 cm³/mol. The van der Waals surface area contributed by atoms with Crippen molar-refractivity contribution in [2.24, 2.45) is 0 Å². The van der Waals surface area contributed by atoms with E-state index in [1.807, 2.05) is 17.5 Å². The van der Waals surface area contributed by atoms with Gasteiger partial charge in [0.05, 0.1) is 4.92 Å². The predicted octanol–water partition coefficient (Wildman–Crippen LogP) is 2.94. The van der Waals surface area contributed by atoms with E-state index in [0.29, 0.717) is 17.7 Å². The molecule has 0 aliphatic rings. The summed E-state index contributed by atoms with van der Waals surface area (Å²) in [4.78, 5) is 23.6. The number of carbonyl (C=O) groups excluding carboxylic acids is 1. The summed E-state index contributed by atoms with van der Waals surface area (Å²) in [5.74, 6) is -0.275.